The number of aryl methyl sites for hydroxylation is 1. The molecule has 1 aromatic carbocycles. The van der Waals surface area contributed by atoms with Crippen molar-refractivity contribution in [1.29, 1.82) is 0 Å². The smallest absolute Gasteiger partial charge is 0.277 e. The average Bonchev–Trinajstić information content (AvgIpc) is 2.40. The van der Waals surface area contributed by atoms with E-state index in [1.165, 1.54) is 24.4 Å². The first-order valence-electron chi connectivity index (χ1n) is 6.10. The summed E-state index contributed by atoms with van der Waals surface area (Å²) < 4.78 is 13.2. The van der Waals surface area contributed by atoms with E-state index in [9.17, 15) is 14.5 Å². The van der Waals surface area contributed by atoms with E-state index in [1.807, 2.05) is 6.92 Å². The van der Waals surface area contributed by atoms with E-state index in [2.05, 4.69) is 10.3 Å². The molecule has 2 aromatic rings. The Balaban J connectivity index is 2.22. The highest BCUT2D eigenvalue weighted by Crippen LogP contribution is 2.23. The zero-order valence-electron chi connectivity index (χ0n) is 11.1. The van der Waals surface area contributed by atoms with Gasteiger partial charge in [-0.25, -0.2) is 9.37 Å². The minimum atomic E-state index is -0.449. The van der Waals surface area contributed by atoms with E-state index in [0.717, 1.165) is 5.56 Å². The van der Waals surface area contributed by atoms with E-state index >= 15 is 0 Å². The third-order valence-corrected chi connectivity index (χ3v) is 2.98. The molecule has 1 N–H and O–H groups in total. The Morgan fingerprint density at radius 1 is 1.40 bits per heavy atom. The Labute approximate surface area is 115 Å². The second-order valence-corrected chi connectivity index (χ2v) is 4.53. The van der Waals surface area contributed by atoms with Gasteiger partial charge in [0.25, 0.3) is 5.69 Å². The number of nitro groups is 1. The lowest BCUT2D eigenvalue weighted by molar-refractivity contribution is -0.385. The molecule has 5 nitrogen and oxygen atoms in total. The molecule has 6 heteroatoms. The van der Waals surface area contributed by atoms with Crippen LogP contribution < -0.4 is 5.32 Å². The Morgan fingerprint density at radius 3 is 2.80 bits per heavy atom. The first kappa shape index (κ1) is 13.9. The number of benzene rings is 1. The third-order valence-electron chi connectivity index (χ3n) is 2.98. The van der Waals surface area contributed by atoms with Crippen LogP contribution in [0, 0.1) is 22.9 Å². The van der Waals surface area contributed by atoms with Gasteiger partial charge in [0, 0.05) is 11.8 Å². The van der Waals surface area contributed by atoms with Gasteiger partial charge in [-0.2, -0.15) is 0 Å². The van der Waals surface area contributed by atoms with Crippen LogP contribution in [-0.4, -0.2) is 9.91 Å². The second kappa shape index (κ2) is 5.64. The summed E-state index contributed by atoms with van der Waals surface area (Å²) in [5.41, 5.74) is 1.25. The quantitative estimate of drug-likeness (QED) is 0.683. The third kappa shape index (κ3) is 3.09. The van der Waals surface area contributed by atoms with Gasteiger partial charge >= 0.3 is 0 Å². The molecule has 1 atom stereocenters. The molecule has 0 aliphatic rings. The highest BCUT2D eigenvalue weighted by molar-refractivity contribution is 5.50. The first-order chi connectivity index (χ1) is 9.47. The Kier molecular flexibility index (Phi) is 3.93. The number of nitrogens with one attached hydrogen (secondary N) is 1. The van der Waals surface area contributed by atoms with E-state index in [1.54, 1.807) is 19.1 Å². The van der Waals surface area contributed by atoms with E-state index in [-0.39, 0.29) is 17.5 Å². The fourth-order valence-electron chi connectivity index (χ4n) is 1.87. The lowest BCUT2D eigenvalue weighted by Crippen LogP contribution is -2.08. The van der Waals surface area contributed by atoms with Crippen molar-refractivity contribution in [2.45, 2.75) is 19.9 Å². The summed E-state index contributed by atoms with van der Waals surface area (Å²) in [6.45, 7) is 3.47. The van der Waals surface area contributed by atoms with Gasteiger partial charge in [-0.1, -0.05) is 12.1 Å². The largest absolute Gasteiger partial charge is 0.363 e. The molecule has 0 amide bonds. The summed E-state index contributed by atoms with van der Waals surface area (Å²) in [5, 5.41) is 13.9. The predicted octanol–water partition coefficient (Wildman–Crippen LogP) is 3.61. The minimum absolute atomic E-state index is 0.00828. The number of halogens is 1. The van der Waals surface area contributed by atoms with E-state index in [0.29, 0.717) is 11.4 Å². The molecule has 0 spiro atoms. The molecule has 0 aliphatic carbocycles. The zero-order chi connectivity index (χ0) is 14.7. The number of rotatable bonds is 4. The van der Waals surface area contributed by atoms with Gasteiger partial charge in [0.15, 0.2) is 0 Å². The second-order valence-electron chi connectivity index (χ2n) is 4.53. The average molecular weight is 275 g/mol. The van der Waals surface area contributed by atoms with Crippen LogP contribution in [0.5, 0.6) is 0 Å². The molecule has 0 saturated carbocycles. The first-order valence-corrected chi connectivity index (χ1v) is 6.10. The van der Waals surface area contributed by atoms with Crippen LogP contribution in [0.3, 0.4) is 0 Å². The van der Waals surface area contributed by atoms with Gasteiger partial charge in [-0.15, -0.1) is 0 Å². The van der Waals surface area contributed by atoms with Crippen LogP contribution in [0.25, 0.3) is 0 Å². The summed E-state index contributed by atoms with van der Waals surface area (Å²) in [6, 6.07) is 7.36. The Morgan fingerprint density at radius 2 is 2.15 bits per heavy atom. The van der Waals surface area contributed by atoms with Gasteiger partial charge in [0.2, 0.25) is 0 Å². The minimum Gasteiger partial charge on any atom is -0.363 e. The molecular formula is C14H14FN3O2. The van der Waals surface area contributed by atoms with Gasteiger partial charge in [0.1, 0.15) is 11.6 Å². The normalized spacial score (nSPS) is 11.9. The summed E-state index contributed by atoms with van der Waals surface area (Å²) in [6.07, 6.45) is 1.44. The van der Waals surface area contributed by atoms with Crippen molar-refractivity contribution < 1.29 is 9.31 Å². The molecule has 20 heavy (non-hydrogen) atoms. The maximum atomic E-state index is 13.2. The molecule has 0 radical (unpaired) electrons. The fourth-order valence-corrected chi connectivity index (χ4v) is 1.87. The van der Waals surface area contributed by atoms with Gasteiger partial charge in [-0.3, -0.25) is 10.1 Å². The van der Waals surface area contributed by atoms with Crippen molar-refractivity contribution in [2.24, 2.45) is 0 Å². The highest BCUT2D eigenvalue weighted by atomic mass is 19.1. The Hall–Kier alpha value is -2.50. The molecule has 0 fully saturated rings. The molecule has 1 aromatic heterocycles. The van der Waals surface area contributed by atoms with Crippen molar-refractivity contribution in [1.82, 2.24) is 4.98 Å². The van der Waals surface area contributed by atoms with Crippen LogP contribution in [0.4, 0.5) is 15.9 Å². The molecule has 1 heterocycles. The van der Waals surface area contributed by atoms with Crippen LogP contribution in [0.1, 0.15) is 24.1 Å². The van der Waals surface area contributed by atoms with Crippen LogP contribution in [0.15, 0.2) is 36.5 Å². The predicted molar refractivity (Wildman–Crippen MR) is 74.1 cm³/mol. The van der Waals surface area contributed by atoms with Crippen LogP contribution in [0.2, 0.25) is 0 Å². The van der Waals surface area contributed by atoms with Crippen LogP contribution >= 0.6 is 0 Å². The lowest BCUT2D eigenvalue weighted by atomic mass is 10.1. The SMILES string of the molecule is Cc1cnc(NC(C)c2cccc(F)c2)cc1[N+](=O)[O-]. The molecular weight excluding hydrogens is 261 g/mol. The van der Waals surface area contributed by atoms with Gasteiger partial charge < -0.3 is 5.32 Å². The van der Waals surface area contributed by atoms with E-state index < -0.39 is 4.92 Å². The number of aromatic nitrogens is 1. The molecule has 1 unspecified atom stereocenters. The van der Waals surface area contributed by atoms with Crippen LogP contribution in [-0.2, 0) is 0 Å². The molecule has 0 aliphatic heterocycles. The fraction of sp³-hybridized carbons (Fsp3) is 0.214. The summed E-state index contributed by atoms with van der Waals surface area (Å²) in [4.78, 5) is 14.5. The molecule has 2 rings (SSSR count). The number of hydrogen-bond acceptors (Lipinski definition) is 4. The maximum absolute atomic E-state index is 13.2. The van der Waals surface area contributed by atoms with Crippen molar-refractivity contribution in [3.8, 4) is 0 Å². The van der Waals surface area contributed by atoms with Crippen molar-refractivity contribution >= 4 is 11.5 Å². The highest BCUT2D eigenvalue weighted by Gasteiger charge is 2.14. The van der Waals surface area contributed by atoms with Crippen molar-refractivity contribution in [3.05, 3.63) is 63.6 Å². The summed E-state index contributed by atoms with van der Waals surface area (Å²) in [7, 11) is 0. The Bertz CT molecular complexity index is 646. The summed E-state index contributed by atoms with van der Waals surface area (Å²) in [5.74, 6) is 0.0676. The monoisotopic (exact) mass is 275 g/mol. The maximum Gasteiger partial charge on any atom is 0.277 e. The number of pyridine rings is 1. The molecule has 104 valence electrons. The number of nitrogens with zero attached hydrogens (tertiary/aromatic N) is 2. The number of anilines is 1. The molecule has 0 bridgehead atoms. The number of hydrogen-bond donors (Lipinski definition) is 1. The topological polar surface area (TPSA) is 68.1 Å². The van der Waals surface area contributed by atoms with Crippen molar-refractivity contribution in [2.75, 3.05) is 5.32 Å². The van der Waals surface area contributed by atoms with E-state index in [4.69, 9.17) is 0 Å². The van der Waals surface area contributed by atoms with Crippen molar-refractivity contribution in [3.63, 3.8) is 0 Å². The van der Waals surface area contributed by atoms with Gasteiger partial charge in [-0.05, 0) is 31.5 Å². The standard InChI is InChI=1S/C14H14FN3O2/c1-9-8-16-14(7-13(9)18(19)20)17-10(2)11-4-3-5-12(15)6-11/h3-8,10H,1-2H3,(H,16,17). The zero-order valence-corrected chi connectivity index (χ0v) is 11.1. The lowest BCUT2D eigenvalue weighted by Gasteiger charge is -2.15. The molecule has 0 saturated heterocycles. The summed E-state index contributed by atoms with van der Waals surface area (Å²) >= 11 is 0. The van der Waals surface area contributed by atoms with Gasteiger partial charge in [0.05, 0.1) is 17.0 Å².